The van der Waals surface area contributed by atoms with Crippen LogP contribution in [0.2, 0.25) is 0 Å². The number of pyridine rings is 1. The van der Waals surface area contributed by atoms with Gasteiger partial charge in [-0.25, -0.2) is 0 Å². The van der Waals surface area contributed by atoms with E-state index in [9.17, 15) is 4.79 Å². The van der Waals surface area contributed by atoms with Crippen LogP contribution in [-0.2, 0) is 6.54 Å². The smallest absolute Gasteiger partial charge is 0.223 e. The lowest BCUT2D eigenvalue weighted by Crippen LogP contribution is -2.30. The van der Waals surface area contributed by atoms with E-state index in [4.69, 9.17) is 4.74 Å². The minimum absolute atomic E-state index is 0.0535. The van der Waals surface area contributed by atoms with E-state index in [-0.39, 0.29) is 5.43 Å². The Balaban J connectivity index is 1.96. The molecule has 1 N–H and O–H groups in total. The number of likely N-dealkylation sites (tertiary alicyclic amines) is 1. The number of aromatic amines is 1. The van der Waals surface area contributed by atoms with Crippen LogP contribution < -0.4 is 10.2 Å². The second-order valence-electron chi connectivity index (χ2n) is 5.72. The Bertz CT molecular complexity index is 484. The molecule has 2 heterocycles. The normalized spacial score (nSPS) is 20.9. The van der Waals surface area contributed by atoms with Crippen molar-refractivity contribution in [1.29, 1.82) is 0 Å². The number of nitrogens with one attached hydrogen (secondary N) is 1. The van der Waals surface area contributed by atoms with Crippen molar-refractivity contribution in [2.75, 3.05) is 34.3 Å². The highest BCUT2D eigenvalue weighted by molar-refractivity contribution is 5.20. The summed E-state index contributed by atoms with van der Waals surface area (Å²) in [5.41, 5.74) is 0.904. The van der Waals surface area contributed by atoms with Crippen molar-refractivity contribution in [2.24, 2.45) is 0 Å². The van der Waals surface area contributed by atoms with Gasteiger partial charge in [-0.05, 0) is 39.9 Å². The number of aromatic nitrogens is 1. The molecule has 1 aliphatic heterocycles. The fraction of sp³-hybridized carbons (Fsp3) is 0.667. The van der Waals surface area contributed by atoms with Gasteiger partial charge in [-0.2, -0.15) is 0 Å². The summed E-state index contributed by atoms with van der Waals surface area (Å²) in [7, 11) is 5.82. The minimum atomic E-state index is -0.0535. The molecule has 20 heavy (non-hydrogen) atoms. The van der Waals surface area contributed by atoms with Crippen LogP contribution in [0, 0.1) is 0 Å². The Morgan fingerprint density at radius 1 is 1.40 bits per heavy atom. The number of methoxy groups -OCH3 is 1. The molecule has 0 spiro atoms. The van der Waals surface area contributed by atoms with Crippen LogP contribution in [0.4, 0.5) is 0 Å². The second kappa shape index (κ2) is 6.90. The van der Waals surface area contributed by atoms with Gasteiger partial charge < -0.3 is 14.6 Å². The third kappa shape index (κ3) is 3.84. The first-order valence-electron chi connectivity index (χ1n) is 7.24. The van der Waals surface area contributed by atoms with E-state index in [1.54, 1.807) is 12.3 Å². The predicted molar refractivity (Wildman–Crippen MR) is 80.2 cm³/mol. The molecular formula is C15H25N3O2. The van der Waals surface area contributed by atoms with Crippen molar-refractivity contribution in [1.82, 2.24) is 14.8 Å². The lowest BCUT2D eigenvalue weighted by Gasteiger charge is -2.23. The molecule has 1 unspecified atom stereocenters. The van der Waals surface area contributed by atoms with Crippen molar-refractivity contribution in [3.8, 4) is 5.75 Å². The van der Waals surface area contributed by atoms with E-state index < -0.39 is 0 Å². The molecule has 1 saturated heterocycles. The maximum atomic E-state index is 11.8. The molecule has 5 heteroatoms. The topological polar surface area (TPSA) is 48.6 Å². The summed E-state index contributed by atoms with van der Waals surface area (Å²) in [6.07, 6.45) is 5.30. The summed E-state index contributed by atoms with van der Waals surface area (Å²) in [4.78, 5) is 19.6. The molecular weight excluding hydrogens is 254 g/mol. The number of rotatable bonds is 4. The number of hydrogen-bond acceptors (Lipinski definition) is 4. The number of ether oxygens (including phenoxy) is 1. The molecule has 0 amide bonds. The van der Waals surface area contributed by atoms with Gasteiger partial charge in [0.15, 0.2) is 5.75 Å². The van der Waals surface area contributed by atoms with Gasteiger partial charge in [0.25, 0.3) is 0 Å². The van der Waals surface area contributed by atoms with Crippen LogP contribution >= 0.6 is 0 Å². The van der Waals surface area contributed by atoms with Crippen LogP contribution in [0.3, 0.4) is 0 Å². The van der Waals surface area contributed by atoms with Gasteiger partial charge >= 0.3 is 0 Å². The highest BCUT2D eigenvalue weighted by Gasteiger charge is 2.18. The van der Waals surface area contributed by atoms with Gasteiger partial charge in [-0.3, -0.25) is 9.69 Å². The second-order valence-corrected chi connectivity index (χ2v) is 5.72. The monoisotopic (exact) mass is 279 g/mol. The van der Waals surface area contributed by atoms with Crippen molar-refractivity contribution < 1.29 is 4.74 Å². The van der Waals surface area contributed by atoms with Crippen molar-refractivity contribution >= 4 is 0 Å². The van der Waals surface area contributed by atoms with Crippen LogP contribution in [0.15, 0.2) is 17.1 Å². The van der Waals surface area contributed by atoms with Gasteiger partial charge in [0.1, 0.15) is 0 Å². The van der Waals surface area contributed by atoms with Crippen LogP contribution in [0.25, 0.3) is 0 Å². The quantitative estimate of drug-likeness (QED) is 0.902. The van der Waals surface area contributed by atoms with E-state index in [2.05, 4.69) is 28.9 Å². The zero-order valence-corrected chi connectivity index (χ0v) is 12.7. The maximum absolute atomic E-state index is 11.8. The maximum Gasteiger partial charge on any atom is 0.223 e. The third-order valence-corrected chi connectivity index (χ3v) is 4.07. The van der Waals surface area contributed by atoms with Crippen LogP contribution in [0.1, 0.15) is 25.0 Å². The molecule has 1 fully saturated rings. The molecule has 1 atom stereocenters. The minimum Gasteiger partial charge on any atom is -0.491 e. The highest BCUT2D eigenvalue weighted by Crippen LogP contribution is 2.16. The SMILES string of the molecule is COc1c[nH]c(CN2CCCC(N(C)C)CC2)cc1=O. The average molecular weight is 279 g/mol. The van der Waals surface area contributed by atoms with E-state index in [0.717, 1.165) is 25.3 Å². The molecule has 0 aliphatic carbocycles. The van der Waals surface area contributed by atoms with Crippen molar-refractivity contribution in [3.05, 3.63) is 28.2 Å². The standard InChI is InChI=1S/C15H25N3O2/c1-17(2)13-5-4-7-18(8-6-13)11-12-9-14(19)15(20-3)10-16-12/h9-10,13H,4-8,11H2,1-3H3,(H,16,19). The lowest BCUT2D eigenvalue weighted by molar-refractivity contribution is 0.244. The predicted octanol–water partition coefficient (Wildman–Crippen LogP) is 1.30. The van der Waals surface area contributed by atoms with Gasteiger partial charge in [-0.1, -0.05) is 0 Å². The van der Waals surface area contributed by atoms with E-state index in [1.165, 1.54) is 26.4 Å². The van der Waals surface area contributed by atoms with Crippen molar-refractivity contribution in [3.63, 3.8) is 0 Å². The van der Waals surface area contributed by atoms with Crippen molar-refractivity contribution in [2.45, 2.75) is 31.8 Å². The lowest BCUT2D eigenvalue weighted by atomic mass is 10.1. The Morgan fingerprint density at radius 2 is 2.20 bits per heavy atom. The van der Waals surface area contributed by atoms with E-state index in [1.807, 2.05) is 0 Å². The Morgan fingerprint density at radius 3 is 2.85 bits per heavy atom. The summed E-state index contributed by atoms with van der Waals surface area (Å²) in [5.74, 6) is 0.372. The van der Waals surface area contributed by atoms with E-state index >= 15 is 0 Å². The number of nitrogens with zero attached hydrogens (tertiary/aromatic N) is 2. The summed E-state index contributed by atoms with van der Waals surface area (Å²) >= 11 is 0. The molecule has 0 bridgehead atoms. The zero-order valence-electron chi connectivity index (χ0n) is 12.7. The molecule has 5 nitrogen and oxygen atoms in total. The van der Waals surface area contributed by atoms with E-state index in [0.29, 0.717) is 11.8 Å². The first kappa shape index (κ1) is 15.1. The van der Waals surface area contributed by atoms with Crippen LogP contribution in [-0.4, -0.2) is 55.1 Å². The molecule has 1 aliphatic rings. The van der Waals surface area contributed by atoms with Gasteiger partial charge in [0.05, 0.1) is 7.11 Å². The fourth-order valence-electron chi connectivity index (χ4n) is 2.80. The summed E-state index contributed by atoms with van der Waals surface area (Å²) in [6.45, 7) is 2.98. The molecule has 2 rings (SSSR count). The summed E-state index contributed by atoms with van der Waals surface area (Å²) in [5, 5.41) is 0. The van der Waals surface area contributed by atoms with Gasteiger partial charge in [-0.15, -0.1) is 0 Å². The molecule has 0 aromatic carbocycles. The molecule has 1 aromatic heterocycles. The largest absolute Gasteiger partial charge is 0.491 e. The first-order valence-corrected chi connectivity index (χ1v) is 7.24. The number of hydrogen-bond donors (Lipinski definition) is 1. The molecule has 112 valence electrons. The fourth-order valence-corrected chi connectivity index (χ4v) is 2.80. The van der Waals surface area contributed by atoms with Crippen LogP contribution in [0.5, 0.6) is 5.75 Å². The molecule has 0 saturated carbocycles. The highest BCUT2D eigenvalue weighted by atomic mass is 16.5. The Labute approximate surface area is 120 Å². The summed E-state index contributed by atoms with van der Waals surface area (Å²) < 4.78 is 4.99. The first-order chi connectivity index (χ1) is 9.60. The molecule has 0 radical (unpaired) electrons. The molecule has 1 aromatic rings. The Kier molecular flexibility index (Phi) is 5.20. The summed E-state index contributed by atoms with van der Waals surface area (Å²) in [6, 6.07) is 2.32. The Hall–Kier alpha value is -1.33. The average Bonchev–Trinajstić information content (AvgIpc) is 2.65. The third-order valence-electron chi connectivity index (χ3n) is 4.07. The van der Waals surface area contributed by atoms with Gasteiger partial charge in [0, 0.05) is 37.1 Å². The zero-order chi connectivity index (χ0) is 14.5. The van der Waals surface area contributed by atoms with Gasteiger partial charge in [0.2, 0.25) is 5.43 Å². The number of H-pyrrole nitrogens is 1.